The molecule has 0 aromatic heterocycles. The maximum atomic E-state index is 13.0. The summed E-state index contributed by atoms with van der Waals surface area (Å²) in [5, 5.41) is 5.78. The fourth-order valence-corrected chi connectivity index (χ4v) is 3.08. The van der Waals surface area contributed by atoms with Gasteiger partial charge in [0.05, 0.1) is 16.3 Å². The third-order valence-electron chi connectivity index (χ3n) is 4.62. The van der Waals surface area contributed by atoms with Gasteiger partial charge in [-0.05, 0) is 36.9 Å². The van der Waals surface area contributed by atoms with Gasteiger partial charge in [0.2, 0.25) is 5.91 Å². The molecular formula is C21H25ClF3N3O. The molecule has 0 aliphatic rings. The van der Waals surface area contributed by atoms with Crippen LogP contribution < -0.4 is 10.6 Å². The fourth-order valence-electron chi connectivity index (χ4n) is 2.92. The zero-order valence-electron chi connectivity index (χ0n) is 16.4. The van der Waals surface area contributed by atoms with Crippen LogP contribution in [0.15, 0.2) is 48.5 Å². The summed E-state index contributed by atoms with van der Waals surface area (Å²) >= 11 is 6.02. The molecule has 8 heteroatoms. The van der Waals surface area contributed by atoms with Crippen LogP contribution in [0, 0.1) is 0 Å². The van der Waals surface area contributed by atoms with E-state index in [4.69, 9.17) is 11.6 Å². The van der Waals surface area contributed by atoms with E-state index in [-0.39, 0.29) is 10.7 Å². The highest BCUT2D eigenvalue weighted by Gasteiger charge is 2.31. The van der Waals surface area contributed by atoms with E-state index >= 15 is 0 Å². The van der Waals surface area contributed by atoms with Crippen molar-refractivity contribution in [2.24, 2.45) is 0 Å². The maximum absolute atomic E-state index is 13.0. The van der Waals surface area contributed by atoms with Crippen molar-refractivity contribution >= 4 is 23.2 Å². The summed E-state index contributed by atoms with van der Waals surface area (Å²) in [5.41, 5.74) is -0.228. The molecule has 0 aliphatic heterocycles. The van der Waals surface area contributed by atoms with E-state index < -0.39 is 23.7 Å². The standard InChI is InChI=1S/C21H25ClF3N3O/c1-3-28(4-2)13-12-26-19(15-8-6-5-7-9-15)20(29)27-18-14-16(21(23,24)25)10-11-17(18)22/h5-11,14,19,26H,3-4,12-13H2,1-2H3,(H,27,29)/t19-/m1/s1. The first kappa shape index (κ1) is 23.2. The second kappa shape index (κ2) is 10.6. The molecule has 0 heterocycles. The van der Waals surface area contributed by atoms with Gasteiger partial charge < -0.3 is 15.5 Å². The Morgan fingerprint density at radius 3 is 2.34 bits per heavy atom. The monoisotopic (exact) mass is 427 g/mol. The minimum absolute atomic E-state index is 0.0429. The van der Waals surface area contributed by atoms with Gasteiger partial charge in [-0.15, -0.1) is 0 Å². The number of halogens is 4. The molecule has 0 spiro atoms. The van der Waals surface area contributed by atoms with E-state index in [1.54, 1.807) is 24.3 Å². The summed E-state index contributed by atoms with van der Waals surface area (Å²) in [4.78, 5) is 15.1. The Labute approximate surface area is 174 Å². The van der Waals surface area contributed by atoms with Gasteiger partial charge >= 0.3 is 6.18 Å². The van der Waals surface area contributed by atoms with Crippen LogP contribution >= 0.6 is 11.6 Å². The molecule has 2 rings (SSSR count). The normalized spacial score (nSPS) is 12.8. The van der Waals surface area contributed by atoms with Crippen LogP contribution in [0.4, 0.5) is 18.9 Å². The third kappa shape index (κ3) is 6.73. The minimum atomic E-state index is -4.52. The number of carbonyl (C=O) groups excluding carboxylic acids is 1. The van der Waals surface area contributed by atoms with Crippen molar-refractivity contribution < 1.29 is 18.0 Å². The maximum Gasteiger partial charge on any atom is 0.416 e. The van der Waals surface area contributed by atoms with Gasteiger partial charge in [0, 0.05) is 13.1 Å². The number of likely N-dealkylation sites (N-methyl/N-ethyl adjacent to an activating group) is 1. The lowest BCUT2D eigenvalue weighted by Gasteiger charge is -2.23. The van der Waals surface area contributed by atoms with E-state index in [1.165, 1.54) is 0 Å². The Morgan fingerprint density at radius 1 is 1.10 bits per heavy atom. The van der Waals surface area contributed by atoms with Crippen LogP contribution in [0.2, 0.25) is 5.02 Å². The summed E-state index contributed by atoms with van der Waals surface area (Å²) in [6.07, 6.45) is -4.52. The number of rotatable bonds is 9. The average molecular weight is 428 g/mol. The molecule has 158 valence electrons. The van der Waals surface area contributed by atoms with Gasteiger partial charge in [0.15, 0.2) is 0 Å². The molecule has 0 saturated heterocycles. The van der Waals surface area contributed by atoms with Crippen LogP contribution in [0.1, 0.15) is 31.0 Å². The molecule has 0 unspecified atom stereocenters. The van der Waals surface area contributed by atoms with Crippen molar-refractivity contribution in [1.82, 2.24) is 10.2 Å². The zero-order chi connectivity index (χ0) is 21.4. The Bertz CT molecular complexity index is 796. The van der Waals surface area contributed by atoms with Gasteiger partial charge in [-0.1, -0.05) is 55.8 Å². The lowest BCUT2D eigenvalue weighted by molar-refractivity contribution is -0.137. The summed E-state index contributed by atoms with van der Waals surface area (Å²) < 4.78 is 39.0. The number of hydrogen-bond donors (Lipinski definition) is 2. The molecule has 2 aromatic carbocycles. The number of amides is 1. The van der Waals surface area contributed by atoms with Gasteiger partial charge in [-0.25, -0.2) is 0 Å². The van der Waals surface area contributed by atoms with E-state index in [0.29, 0.717) is 12.1 Å². The van der Waals surface area contributed by atoms with Crippen LogP contribution in [-0.4, -0.2) is 37.0 Å². The number of hydrogen-bond acceptors (Lipinski definition) is 3. The largest absolute Gasteiger partial charge is 0.416 e. The van der Waals surface area contributed by atoms with Crippen LogP contribution in [0.5, 0.6) is 0 Å². The van der Waals surface area contributed by atoms with Gasteiger partial charge in [-0.2, -0.15) is 13.2 Å². The Morgan fingerprint density at radius 2 is 1.76 bits per heavy atom. The fraction of sp³-hybridized carbons (Fsp3) is 0.381. The summed E-state index contributed by atoms with van der Waals surface area (Å²) in [6, 6.07) is 11.2. The van der Waals surface area contributed by atoms with E-state index in [0.717, 1.165) is 37.8 Å². The predicted molar refractivity (Wildman–Crippen MR) is 110 cm³/mol. The molecular weight excluding hydrogens is 403 g/mol. The highest BCUT2D eigenvalue weighted by atomic mass is 35.5. The molecule has 0 bridgehead atoms. The van der Waals surface area contributed by atoms with Gasteiger partial charge in [0.1, 0.15) is 6.04 Å². The quantitative estimate of drug-likeness (QED) is 0.593. The molecule has 2 aromatic rings. The van der Waals surface area contributed by atoms with E-state index in [2.05, 4.69) is 29.4 Å². The molecule has 2 N–H and O–H groups in total. The van der Waals surface area contributed by atoms with Crippen molar-refractivity contribution in [3.05, 3.63) is 64.7 Å². The molecule has 4 nitrogen and oxygen atoms in total. The van der Waals surface area contributed by atoms with Crippen molar-refractivity contribution in [1.29, 1.82) is 0 Å². The smallest absolute Gasteiger partial charge is 0.323 e. The van der Waals surface area contributed by atoms with Crippen molar-refractivity contribution in [3.63, 3.8) is 0 Å². The minimum Gasteiger partial charge on any atom is -0.323 e. The molecule has 0 saturated carbocycles. The van der Waals surface area contributed by atoms with Gasteiger partial charge in [0.25, 0.3) is 0 Å². The Hall–Kier alpha value is -2.09. The SMILES string of the molecule is CCN(CC)CCN[C@@H](C(=O)Nc1cc(C(F)(F)F)ccc1Cl)c1ccccc1. The second-order valence-electron chi connectivity index (χ2n) is 6.51. The first-order valence-corrected chi connectivity index (χ1v) is 9.82. The molecule has 1 atom stereocenters. The molecule has 29 heavy (non-hydrogen) atoms. The molecule has 1 amide bonds. The number of nitrogens with zero attached hydrogens (tertiary/aromatic N) is 1. The zero-order valence-corrected chi connectivity index (χ0v) is 17.1. The number of anilines is 1. The number of benzene rings is 2. The van der Waals surface area contributed by atoms with Crippen molar-refractivity contribution in [2.45, 2.75) is 26.1 Å². The number of carbonyl (C=O) groups is 1. The highest BCUT2D eigenvalue weighted by Crippen LogP contribution is 2.34. The predicted octanol–water partition coefficient (Wildman–Crippen LogP) is 4.97. The van der Waals surface area contributed by atoms with Crippen LogP contribution in [0.25, 0.3) is 0 Å². The molecule has 0 fully saturated rings. The van der Waals surface area contributed by atoms with Crippen LogP contribution in [-0.2, 0) is 11.0 Å². The topological polar surface area (TPSA) is 44.4 Å². The second-order valence-corrected chi connectivity index (χ2v) is 6.91. The first-order chi connectivity index (χ1) is 13.8. The summed E-state index contributed by atoms with van der Waals surface area (Å²) in [5.74, 6) is -0.475. The molecule has 0 radical (unpaired) electrons. The van der Waals surface area contributed by atoms with Gasteiger partial charge in [-0.3, -0.25) is 4.79 Å². The van der Waals surface area contributed by atoms with Crippen molar-refractivity contribution in [2.75, 3.05) is 31.5 Å². The highest BCUT2D eigenvalue weighted by molar-refractivity contribution is 6.33. The third-order valence-corrected chi connectivity index (χ3v) is 4.95. The van der Waals surface area contributed by atoms with Crippen molar-refractivity contribution in [3.8, 4) is 0 Å². The molecule has 0 aliphatic carbocycles. The lowest BCUT2D eigenvalue weighted by Crippen LogP contribution is -2.38. The Balaban J connectivity index is 2.19. The number of alkyl halides is 3. The first-order valence-electron chi connectivity index (χ1n) is 9.44. The lowest BCUT2D eigenvalue weighted by atomic mass is 10.1. The summed E-state index contributed by atoms with van der Waals surface area (Å²) in [6.45, 7) is 7.18. The van der Waals surface area contributed by atoms with E-state index in [1.807, 2.05) is 6.07 Å². The summed E-state index contributed by atoms with van der Waals surface area (Å²) in [7, 11) is 0. The van der Waals surface area contributed by atoms with E-state index in [9.17, 15) is 18.0 Å². The van der Waals surface area contributed by atoms with Crippen LogP contribution in [0.3, 0.4) is 0 Å². The average Bonchev–Trinajstić information content (AvgIpc) is 2.69. The Kier molecular flexibility index (Phi) is 8.49. The number of nitrogens with one attached hydrogen (secondary N) is 2.